The molecule has 0 aromatic heterocycles. The fourth-order valence-corrected chi connectivity index (χ4v) is 1.41. The maximum Gasteiger partial charge on any atom is 0.452 e. The molecule has 0 saturated carbocycles. The first-order chi connectivity index (χ1) is 15.9. The lowest BCUT2D eigenvalue weighted by Gasteiger charge is -2.39. The molecule has 0 radical (unpaired) electrons. The SMILES string of the molecule is OC(F)(F)C(F)(F)OC(F)(F)C(F)(F)C(F)(F)OC(F)(F)C(F)(F)C(F)(F)OC(F)(F)C(F)(Cl)C(F)(F)F. The van der Waals surface area contributed by atoms with E-state index < -0.39 is 65.9 Å². The molecular weight excluding hydrogens is 650 g/mol. The minimum absolute atomic E-state index is 1.02. The van der Waals surface area contributed by atoms with Gasteiger partial charge in [0.2, 0.25) is 0 Å². The van der Waals surface area contributed by atoms with E-state index in [-0.39, 0.29) is 0 Å². The van der Waals surface area contributed by atoms with Crippen LogP contribution >= 0.6 is 11.6 Å². The first-order valence-corrected chi connectivity index (χ1v) is 7.92. The Balaban J connectivity index is 6.39. The van der Waals surface area contributed by atoms with E-state index in [4.69, 9.17) is 5.11 Å². The van der Waals surface area contributed by atoms with Crippen molar-refractivity contribution in [3.8, 4) is 0 Å². The van der Waals surface area contributed by atoms with Crippen molar-refractivity contribution in [3.63, 3.8) is 0 Å². The van der Waals surface area contributed by atoms with E-state index >= 15 is 0 Å². The van der Waals surface area contributed by atoms with Gasteiger partial charge in [-0.1, -0.05) is 11.6 Å². The first kappa shape index (κ1) is 36.6. The van der Waals surface area contributed by atoms with Crippen molar-refractivity contribution in [1.29, 1.82) is 0 Å². The summed E-state index contributed by atoms with van der Waals surface area (Å²) in [6, 6.07) is 0. The van der Waals surface area contributed by atoms with Gasteiger partial charge in [0.1, 0.15) is 0 Å². The topological polar surface area (TPSA) is 47.9 Å². The summed E-state index contributed by atoms with van der Waals surface area (Å²) in [6.07, 6.45) is -61.9. The molecule has 38 heavy (non-hydrogen) atoms. The zero-order valence-electron chi connectivity index (χ0n) is 15.9. The Labute approximate surface area is 194 Å². The van der Waals surface area contributed by atoms with Crippen LogP contribution in [-0.4, -0.2) is 71.0 Å². The number of hydrogen-bond donors (Lipinski definition) is 1. The Bertz CT molecular complexity index is 843. The molecule has 0 spiro atoms. The Kier molecular flexibility index (Phi) is 8.98. The van der Waals surface area contributed by atoms with Crippen molar-refractivity contribution in [2.45, 2.75) is 65.9 Å². The number of halogens is 23. The van der Waals surface area contributed by atoms with Crippen LogP contribution in [0.25, 0.3) is 0 Å². The van der Waals surface area contributed by atoms with Crippen molar-refractivity contribution in [3.05, 3.63) is 0 Å². The number of ether oxygens (including phenoxy) is 3. The summed E-state index contributed by atoms with van der Waals surface area (Å²) < 4.78 is 285. The smallest absolute Gasteiger partial charge is 0.329 e. The number of hydrogen-bond acceptors (Lipinski definition) is 4. The van der Waals surface area contributed by atoms with Crippen LogP contribution in [0.1, 0.15) is 0 Å². The third kappa shape index (κ3) is 6.16. The summed E-state index contributed by atoms with van der Waals surface area (Å²) in [4.78, 5) is 0. The van der Waals surface area contributed by atoms with Gasteiger partial charge >= 0.3 is 65.9 Å². The third-order valence-corrected chi connectivity index (χ3v) is 3.74. The average Bonchev–Trinajstić information content (AvgIpc) is 2.56. The lowest BCUT2D eigenvalue weighted by molar-refractivity contribution is -0.559. The van der Waals surface area contributed by atoms with Gasteiger partial charge in [0.15, 0.2) is 0 Å². The molecule has 0 aromatic rings. The van der Waals surface area contributed by atoms with Gasteiger partial charge in [0.25, 0.3) is 0 Å². The van der Waals surface area contributed by atoms with Crippen LogP contribution < -0.4 is 0 Å². The first-order valence-electron chi connectivity index (χ1n) is 7.54. The molecule has 0 amide bonds. The van der Waals surface area contributed by atoms with Crippen LogP contribution in [0.4, 0.5) is 96.6 Å². The minimum atomic E-state index is -8.43. The molecule has 0 heterocycles. The minimum Gasteiger partial charge on any atom is -0.329 e. The Morgan fingerprint density at radius 1 is 0.368 bits per heavy atom. The predicted octanol–water partition coefficient (Wildman–Crippen LogP) is 6.92. The molecule has 4 nitrogen and oxygen atoms in total. The van der Waals surface area contributed by atoms with Gasteiger partial charge in [-0.2, -0.15) is 92.2 Å². The maximum atomic E-state index is 13.3. The molecule has 1 unspecified atom stereocenters. The van der Waals surface area contributed by atoms with E-state index in [2.05, 4.69) is 11.6 Å². The lowest BCUT2D eigenvalue weighted by Crippen LogP contribution is -2.66. The van der Waals surface area contributed by atoms with Gasteiger partial charge in [0, 0.05) is 0 Å². The molecule has 0 fully saturated rings. The Morgan fingerprint density at radius 2 is 0.579 bits per heavy atom. The van der Waals surface area contributed by atoms with Gasteiger partial charge < -0.3 is 5.11 Å². The fourth-order valence-electron chi connectivity index (χ4n) is 1.37. The standard InChI is InChI=1S/C11HClF22O4/c12-1(13,4(18,19)20)6(23,24)36-7(25,26)2(14,15)8(27,28)37-9(29,30)3(16,17)10(31,32)38-11(33,34)5(21,22)35/h35H. The molecule has 0 rings (SSSR count). The molecule has 27 heteroatoms. The molecule has 1 N–H and O–H groups in total. The summed E-state index contributed by atoms with van der Waals surface area (Å²) in [5.41, 5.74) is 0. The van der Waals surface area contributed by atoms with Crippen molar-refractivity contribution >= 4 is 11.6 Å². The summed E-state index contributed by atoms with van der Waals surface area (Å²) in [6.45, 7) is 0. The van der Waals surface area contributed by atoms with Crippen LogP contribution in [-0.2, 0) is 14.2 Å². The van der Waals surface area contributed by atoms with Crippen molar-refractivity contribution < 1.29 is 116 Å². The highest BCUT2D eigenvalue weighted by atomic mass is 35.5. The molecule has 0 saturated heterocycles. The highest BCUT2D eigenvalue weighted by molar-refractivity contribution is 6.24. The van der Waals surface area contributed by atoms with Gasteiger partial charge in [-0.15, -0.1) is 0 Å². The second kappa shape index (κ2) is 9.32. The molecular formula is C11HClF22O4. The molecule has 0 aliphatic carbocycles. The van der Waals surface area contributed by atoms with Gasteiger partial charge in [-0.05, 0) is 0 Å². The quantitative estimate of drug-likeness (QED) is 0.184. The zero-order valence-corrected chi connectivity index (χ0v) is 16.6. The lowest BCUT2D eigenvalue weighted by atomic mass is 10.2. The summed E-state index contributed by atoms with van der Waals surface area (Å²) in [5.74, 6) is -16.8. The summed E-state index contributed by atoms with van der Waals surface area (Å²) in [5, 5.41) is 0.477. The molecule has 0 bridgehead atoms. The zero-order chi connectivity index (χ0) is 31.6. The maximum absolute atomic E-state index is 13.3. The van der Waals surface area contributed by atoms with Crippen LogP contribution in [0.3, 0.4) is 0 Å². The molecule has 1 atom stereocenters. The van der Waals surface area contributed by atoms with Crippen LogP contribution in [0.5, 0.6) is 0 Å². The summed E-state index contributed by atoms with van der Waals surface area (Å²) >= 11 is 3.46. The summed E-state index contributed by atoms with van der Waals surface area (Å²) in [7, 11) is 0. The second-order valence-corrected chi connectivity index (χ2v) is 6.69. The van der Waals surface area contributed by atoms with Crippen LogP contribution in [0.15, 0.2) is 0 Å². The van der Waals surface area contributed by atoms with Crippen molar-refractivity contribution in [2.75, 3.05) is 0 Å². The van der Waals surface area contributed by atoms with E-state index in [9.17, 15) is 96.6 Å². The molecule has 0 aliphatic heterocycles. The predicted molar refractivity (Wildman–Crippen MR) is 65.7 cm³/mol. The van der Waals surface area contributed by atoms with E-state index in [0.717, 1.165) is 4.74 Å². The highest BCUT2D eigenvalue weighted by Crippen LogP contribution is 2.58. The average molecular weight is 651 g/mol. The highest BCUT2D eigenvalue weighted by Gasteiger charge is 2.85. The van der Waals surface area contributed by atoms with Gasteiger partial charge in [0.05, 0.1) is 0 Å². The third-order valence-electron chi connectivity index (χ3n) is 3.30. The molecule has 0 aromatic carbocycles. The Hall–Kier alpha value is -1.41. The fraction of sp³-hybridized carbons (Fsp3) is 1.00. The molecule has 0 aliphatic rings. The van der Waals surface area contributed by atoms with E-state index in [0.29, 0.717) is 0 Å². The number of alkyl halides is 23. The van der Waals surface area contributed by atoms with Crippen LogP contribution in [0.2, 0.25) is 0 Å². The van der Waals surface area contributed by atoms with Crippen molar-refractivity contribution in [1.82, 2.24) is 0 Å². The largest absolute Gasteiger partial charge is 0.452 e. The van der Waals surface area contributed by atoms with E-state index in [1.807, 2.05) is 0 Å². The van der Waals surface area contributed by atoms with E-state index in [1.54, 1.807) is 0 Å². The monoisotopic (exact) mass is 650 g/mol. The second-order valence-electron chi connectivity index (χ2n) is 6.17. The number of aliphatic hydroxyl groups is 1. The van der Waals surface area contributed by atoms with Crippen molar-refractivity contribution in [2.24, 2.45) is 0 Å². The molecule has 230 valence electrons. The van der Waals surface area contributed by atoms with Crippen LogP contribution in [0, 0.1) is 0 Å². The van der Waals surface area contributed by atoms with Gasteiger partial charge in [-0.25, -0.2) is 18.6 Å². The van der Waals surface area contributed by atoms with E-state index in [1.165, 1.54) is 9.47 Å². The number of rotatable bonds is 12. The normalized spacial score (nSPS) is 18.0. The Morgan fingerprint density at radius 3 is 0.789 bits per heavy atom. The van der Waals surface area contributed by atoms with Gasteiger partial charge in [-0.3, -0.25) is 0 Å².